The van der Waals surface area contributed by atoms with Crippen LogP contribution in [-0.2, 0) is 8.85 Å². The van der Waals surface area contributed by atoms with Crippen molar-refractivity contribution in [3.8, 4) is 0 Å². The molecule has 18 heavy (non-hydrogen) atoms. The van der Waals surface area contributed by atoms with Crippen molar-refractivity contribution in [1.29, 1.82) is 0 Å². The van der Waals surface area contributed by atoms with Crippen molar-refractivity contribution in [1.82, 2.24) is 4.90 Å². The van der Waals surface area contributed by atoms with Crippen LogP contribution in [0.1, 0.15) is 46.0 Å². The molecule has 110 valence electrons. The Balaban J connectivity index is 3.93. The van der Waals surface area contributed by atoms with Gasteiger partial charge in [0.1, 0.15) is 0 Å². The van der Waals surface area contributed by atoms with Gasteiger partial charge in [0, 0.05) is 14.2 Å². The highest BCUT2D eigenvalue weighted by molar-refractivity contribution is 6.65. The van der Waals surface area contributed by atoms with Crippen molar-refractivity contribution in [2.24, 2.45) is 0 Å². The molecule has 0 aliphatic carbocycles. The summed E-state index contributed by atoms with van der Waals surface area (Å²) in [5, 5.41) is 0. The van der Waals surface area contributed by atoms with E-state index in [-0.39, 0.29) is 0 Å². The Hall–Kier alpha value is 0.0969. The second-order valence-corrected chi connectivity index (χ2v) is 8.78. The topological polar surface area (TPSA) is 21.7 Å². The van der Waals surface area contributed by atoms with Crippen LogP contribution in [0.3, 0.4) is 0 Å². The molecule has 0 N–H and O–H groups in total. The molecule has 4 heteroatoms. The molecule has 0 aliphatic heterocycles. The second-order valence-electron chi connectivity index (χ2n) is 5.19. The minimum atomic E-state index is -1.85. The van der Waals surface area contributed by atoms with Gasteiger partial charge in [0.15, 0.2) is 0 Å². The SMILES string of the molecule is CCCCN(CCCC)CCC[Si](C)(OC)OC. The van der Waals surface area contributed by atoms with Gasteiger partial charge in [-0.2, -0.15) is 0 Å². The van der Waals surface area contributed by atoms with E-state index in [1.807, 2.05) is 0 Å². The van der Waals surface area contributed by atoms with Gasteiger partial charge in [-0.3, -0.25) is 0 Å². The third kappa shape index (κ3) is 8.24. The zero-order valence-corrected chi connectivity index (χ0v) is 14.1. The third-order valence-corrected chi connectivity index (χ3v) is 6.61. The largest absolute Gasteiger partial charge is 0.398 e. The maximum absolute atomic E-state index is 5.53. The fraction of sp³-hybridized carbons (Fsp3) is 1.00. The lowest BCUT2D eigenvalue weighted by Gasteiger charge is -2.26. The molecule has 0 aromatic rings. The summed E-state index contributed by atoms with van der Waals surface area (Å²) in [5.74, 6) is 0. The zero-order valence-electron chi connectivity index (χ0n) is 13.1. The summed E-state index contributed by atoms with van der Waals surface area (Å²) in [7, 11) is 1.71. The first-order valence-electron chi connectivity index (χ1n) is 7.44. The second kappa shape index (κ2) is 11.0. The maximum atomic E-state index is 5.53. The fourth-order valence-electron chi connectivity index (χ4n) is 2.01. The number of nitrogens with zero attached hydrogens (tertiary/aromatic N) is 1. The highest BCUT2D eigenvalue weighted by Crippen LogP contribution is 2.14. The summed E-state index contributed by atoms with van der Waals surface area (Å²) >= 11 is 0. The number of hydrogen-bond acceptors (Lipinski definition) is 3. The molecule has 0 rings (SSSR count). The molecule has 0 radical (unpaired) electrons. The van der Waals surface area contributed by atoms with Gasteiger partial charge in [-0.25, -0.2) is 0 Å². The average Bonchev–Trinajstić information content (AvgIpc) is 2.40. The minimum Gasteiger partial charge on any atom is -0.398 e. The van der Waals surface area contributed by atoms with Crippen LogP contribution >= 0.6 is 0 Å². The molecule has 0 fully saturated rings. The molecule has 0 saturated carbocycles. The van der Waals surface area contributed by atoms with Crippen LogP contribution in [0, 0.1) is 0 Å². The van der Waals surface area contributed by atoms with Crippen LogP contribution < -0.4 is 0 Å². The summed E-state index contributed by atoms with van der Waals surface area (Å²) in [6.45, 7) is 10.4. The molecule has 0 bridgehead atoms. The fourth-order valence-corrected chi connectivity index (χ4v) is 3.39. The monoisotopic (exact) mass is 275 g/mol. The van der Waals surface area contributed by atoms with Gasteiger partial charge in [0.05, 0.1) is 0 Å². The molecular formula is C14H33NO2Si. The molecule has 0 aliphatic rings. The van der Waals surface area contributed by atoms with E-state index in [1.165, 1.54) is 51.7 Å². The van der Waals surface area contributed by atoms with E-state index in [9.17, 15) is 0 Å². The van der Waals surface area contributed by atoms with Gasteiger partial charge < -0.3 is 13.8 Å². The zero-order chi connectivity index (χ0) is 13.9. The molecule has 0 aromatic heterocycles. The van der Waals surface area contributed by atoms with E-state index in [0.29, 0.717) is 0 Å². The normalized spacial score (nSPS) is 12.3. The lowest BCUT2D eigenvalue weighted by atomic mass is 10.2. The summed E-state index contributed by atoms with van der Waals surface area (Å²) < 4.78 is 11.1. The molecule has 0 saturated heterocycles. The van der Waals surface area contributed by atoms with Gasteiger partial charge in [-0.1, -0.05) is 26.7 Å². The Labute approximate surface area is 115 Å². The van der Waals surface area contributed by atoms with Crippen LogP contribution in [0.25, 0.3) is 0 Å². The highest BCUT2D eigenvalue weighted by atomic mass is 28.4. The molecule has 0 unspecified atom stereocenters. The molecule has 0 spiro atoms. The van der Waals surface area contributed by atoms with E-state index in [1.54, 1.807) is 14.2 Å². The predicted molar refractivity (Wildman–Crippen MR) is 81.3 cm³/mol. The highest BCUT2D eigenvalue weighted by Gasteiger charge is 2.27. The van der Waals surface area contributed by atoms with Crippen LogP contribution in [-0.4, -0.2) is 47.3 Å². The van der Waals surface area contributed by atoms with E-state index in [4.69, 9.17) is 8.85 Å². The molecule has 0 aromatic carbocycles. The summed E-state index contributed by atoms with van der Waals surface area (Å²) in [6.07, 6.45) is 6.38. The smallest absolute Gasteiger partial charge is 0.334 e. The van der Waals surface area contributed by atoms with Crippen LogP contribution in [0.4, 0.5) is 0 Å². The van der Waals surface area contributed by atoms with Gasteiger partial charge in [0.2, 0.25) is 0 Å². The predicted octanol–water partition coefficient (Wildman–Crippen LogP) is 3.64. The first kappa shape index (κ1) is 18.1. The van der Waals surface area contributed by atoms with E-state index < -0.39 is 8.56 Å². The quantitative estimate of drug-likeness (QED) is 0.508. The third-order valence-electron chi connectivity index (χ3n) is 3.62. The standard InChI is InChI=1S/C14H33NO2Si/c1-6-8-11-15(12-9-7-2)13-10-14-18(5,16-3)17-4/h6-14H2,1-5H3. The van der Waals surface area contributed by atoms with Crippen molar-refractivity contribution in [3.63, 3.8) is 0 Å². The minimum absolute atomic E-state index is 1.09. The Morgan fingerprint density at radius 1 is 0.833 bits per heavy atom. The first-order valence-corrected chi connectivity index (χ1v) is 9.96. The summed E-state index contributed by atoms with van der Waals surface area (Å²) in [6, 6.07) is 1.09. The average molecular weight is 276 g/mol. The molecule has 3 nitrogen and oxygen atoms in total. The van der Waals surface area contributed by atoms with Crippen molar-refractivity contribution in [3.05, 3.63) is 0 Å². The Morgan fingerprint density at radius 2 is 1.28 bits per heavy atom. The van der Waals surface area contributed by atoms with E-state index in [2.05, 4.69) is 25.3 Å². The summed E-state index contributed by atoms with van der Waals surface area (Å²) in [5.41, 5.74) is 0. The lowest BCUT2D eigenvalue weighted by Crippen LogP contribution is -2.37. The lowest BCUT2D eigenvalue weighted by molar-refractivity contribution is 0.236. The molecular weight excluding hydrogens is 242 g/mol. The van der Waals surface area contributed by atoms with E-state index in [0.717, 1.165) is 6.04 Å². The van der Waals surface area contributed by atoms with Crippen molar-refractivity contribution in [2.75, 3.05) is 33.9 Å². The van der Waals surface area contributed by atoms with Crippen LogP contribution in [0.5, 0.6) is 0 Å². The molecule has 0 heterocycles. The van der Waals surface area contributed by atoms with Crippen LogP contribution in [0.2, 0.25) is 12.6 Å². The molecule has 0 atom stereocenters. The van der Waals surface area contributed by atoms with Gasteiger partial charge in [0.25, 0.3) is 0 Å². The summed E-state index contributed by atoms with van der Waals surface area (Å²) in [4.78, 5) is 2.60. The maximum Gasteiger partial charge on any atom is 0.334 e. The van der Waals surface area contributed by atoms with Crippen LogP contribution in [0.15, 0.2) is 0 Å². The van der Waals surface area contributed by atoms with Crippen molar-refractivity contribution in [2.45, 2.75) is 58.5 Å². The Bertz CT molecular complexity index is 179. The number of rotatable bonds is 12. The molecule has 0 amide bonds. The first-order chi connectivity index (χ1) is 8.61. The Kier molecular flexibility index (Phi) is 11.0. The van der Waals surface area contributed by atoms with Crippen molar-refractivity contribution >= 4 is 8.56 Å². The van der Waals surface area contributed by atoms with Crippen molar-refractivity contribution < 1.29 is 8.85 Å². The van der Waals surface area contributed by atoms with Gasteiger partial charge in [-0.15, -0.1) is 0 Å². The number of hydrogen-bond donors (Lipinski definition) is 0. The van der Waals surface area contributed by atoms with Gasteiger partial charge in [-0.05, 0) is 51.5 Å². The van der Waals surface area contributed by atoms with E-state index >= 15 is 0 Å². The Morgan fingerprint density at radius 3 is 1.67 bits per heavy atom. The number of unbranched alkanes of at least 4 members (excludes halogenated alkanes) is 2. The van der Waals surface area contributed by atoms with Gasteiger partial charge >= 0.3 is 8.56 Å².